The van der Waals surface area contributed by atoms with Gasteiger partial charge in [-0.3, -0.25) is 4.90 Å². The molecule has 0 unspecified atom stereocenters. The van der Waals surface area contributed by atoms with E-state index in [1.807, 2.05) is 29.2 Å². The lowest BCUT2D eigenvalue weighted by Crippen LogP contribution is -2.23. The van der Waals surface area contributed by atoms with Crippen LogP contribution in [0.5, 0.6) is 0 Å². The lowest BCUT2D eigenvalue weighted by atomic mass is 10.7. The summed E-state index contributed by atoms with van der Waals surface area (Å²) in [5.74, 6) is 4.79. The molecule has 0 saturated heterocycles. The molecule has 0 atom stereocenters. The highest BCUT2D eigenvalue weighted by molar-refractivity contribution is 8.12. The Kier molecular flexibility index (Phi) is 6.76. The molecule has 1 heterocycles. The molecule has 0 saturated carbocycles. The Bertz CT molecular complexity index is 724. The molecular weight excluding hydrogens is 347 g/mol. The minimum absolute atomic E-state index is 0.246. The minimum atomic E-state index is -5.92. The average Bonchev–Trinajstić information content (AvgIpc) is 2.68. The second-order valence-corrected chi connectivity index (χ2v) is 7.25. The smallest absolute Gasteiger partial charge is 0.429 e. The van der Waals surface area contributed by atoms with Gasteiger partial charge in [0.15, 0.2) is 10.0 Å². The first-order valence-corrected chi connectivity index (χ1v) is 8.44. The van der Waals surface area contributed by atoms with Crippen LogP contribution in [0.2, 0.25) is 0 Å². The van der Waals surface area contributed by atoms with Gasteiger partial charge in [-0.25, -0.2) is 16.8 Å². The van der Waals surface area contributed by atoms with Gasteiger partial charge in [0, 0.05) is 37.7 Å². The molecule has 0 aromatic heterocycles. The second-order valence-electron chi connectivity index (χ2n) is 3.78. The summed E-state index contributed by atoms with van der Waals surface area (Å²) in [5, 5.41) is 0. The van der Waals surface area contributed by atoms with E-state index in [9.17, 15) is 30.0 Å². The summed E-state index contributed by atoms with van der Waals surface area (Å²) in [4.78, 5) is 3.85. The number of hydrogen-bond donors (Lipinski definition) is 0. The molecule has 0 N–H and O–H groups in total. The number of alkyl halides is 3. The third-order valence-electron chi connectivity index (χ3n) is 1.67. The van der Waals surface area contributed by atoms with E-state index in [0.29, 0.717) is 0 Å². The monoisotopic (exact) mass is 358 g/mol. The normalized spacial score (nSPS) is 14.5. The first kappa shape index (κ1) is 20.1. The van der Waals surface area contributed by atoms with E-state index in [1.54, 1.807) is 4.13 Å². The number of sulfonamides is 2. The van der Waals surface area contributed by atoms with Crippen molar-refractivity contribution in [2.75, 3.05) is 20.0 Å². The summed E-state index contributed by atoms with van der Waals surface area (Å²) in [7, 11) is -8.49. The molecule has 0 fully saturated rings. The van der Waals surface area contributed by atoms with E-state index in [0.717, 1.165) is 6.67 Å². The van der Waals surface area contributed by atoms with Crippen LogP contribution in [0.15, 0.2) is 12.4 Å². The van der Waals surface area contributed by atoms with Crippen LogP contribution in [0.1, 0.15) is 0 Å². The molecule has 0 amide bonds. The SMILES string of the molecule is C#CC#CN1C=CN(C)C1.CS(=O)(=O)[N-]S(=O)(=O)C(F)(F)F. The standard InChI is InChI=1S/C8H8N2.C2H3F3NO4S2/c1-3-4-5-10-7-6-9(2)8-10;1-11(7,8)6-12(9,10)2(3,4)5/h1,6-7H,8H2,2H3;1H3/q;-1. The van der Waals surface area contributed by atoms with Gasteiger partial charge in [-0.05, 0) is 5.92 Å². The average molecular weight is 358 g/mol. The summed E-state index contributed by atoms with van der Waals surface area (Å²) >= 11 is 0. The summed E-state index contributed by atoms with van der Waals surface area (Å²) in [6.45, 7) is 0.800. The zero-order valence-electron chi connectivity index (χ0n) is 11.4. The Labute approximate surface area is 126 Å². The third-order valence-corrected chi connectivity index (χ3v) is 4.13. The molecule has 1 aliphatic heterocycles. The summed E-state index contributed by atoms with van der Waals surface area (Å²) in [6.07, 6.45) is 9.04. The van der Waals surface area contributed by atoms with Gasteiger partial charge < -0.3 is 9.03 Å². The molecule has 0 bridgehead atoms. The minimum Gasteiger partial charge on any atom is -0.429 e. The molecule has 0 aliphatic carbocycles. The van der Waals surface area contributed by atoms with Crippen molar-refractivity contribution in [3.05, 3.63) is 16.5 Å². The Morgan fingerprint density at radius 3 is 2.05 bits per heavy atom. The molecule has 12 heteroatoms. The Hall–Kier alpha value is -1.89. The summed E-state index contributed by atoms with van der Waals surface area (Å²) < 4.78 is 76.0. The zero-order chi connectivity index (χ0) is 17.6. The zero-order valence-corrected chi connectivity index (χ0v) is 13.0. The molecule has 124 valence electrons. The van der Waals surface area contributed by atoms with Gasteiger partial charge in [0.05, 0.1) is 10.0 Å². The van der Waals surface area contributed by atoms with Crippen LogP contribution in [0.3, 0.4) is 0 Å². The van der Waals surface area contributed by atoms with Crippen molar-refractivity contribution in [1.29, 1.82) is 0 Å². The van der Waals surface area contributed by atoms with E-state index in [4.69, 9.17) is 6.42 Å². The topological polar surface area (TPSA) is 88.9 Å². The number of hydrogen-bond acceptors (Lipinski definition) is 6. The van der Waals surface area contributed by atoms with Crippen molar-refractivity contribution in [1.82, 2.24) is 9.80 Å². The molecule has 0 aromatic carbocycles. The van der Waals surface area contributed by atoms with Gasteiger partial charge in [-0.15, -0.1) is 6.42 Å². The molecule has 1 aliphatic rings. The van der Waals surface area contributed by atoms with Gasteiger partial charge >= 0.3 is 5.51 Å². The fourth-order valence-electron chi connectivity index (χ4n) is 0.926. The second kappa shape index (κ2) is 7.40. The van der Waals surface area contributed by atoms with Gasteiger partial charge in [-0.1, -0.05) is 0 Å². The maximum Gasteiger partial charge on any atom is 0.480 e. The number of rotatable bonds is 2. The summed E-state index contributed by atoms with van der Waals surface area (Å²) in [5.41, 5.74) is -5.67. The quantitative estimate of drug-likeness (QED) is 0.665. The third kappa shape index (κ3) is 7.78. The van der Waals surface area contributed by atoms with E-state index >= 15 is 0 Å². The highest BCUT2D eigenvalue weighted by Gasteiger charge is 2.39. The fourth-order valence-corrected chi connectivity index (χ4v) is 2.69. The number of halogens is 3. The molecule has 0 spiro atoms. The van der Waals surface area contributed by atoms with Crippen molar-refractivity contribution in [2.24, 2.45) is 0 Å². The van der Waals surface area contributed by atoms with Crippen LogP contribution < -0.4 is 0 Å². The first-order chi connectivity index (χ1) is 9.78. The van der Waals surface area contributed by atoms with Crippen molar-refractivity contribution >= 4 is 20.0 Å². The highest BCUT2D eigenvalue weighted by atomic mass is 32.3. The maximum atomic E-state index is 11.4. The maximum absolute atomic E-state index is 11.4. The number of nitrogens with zero attached hydrogens (tertiary/aromatic N) is 3. The molecular formula is C10H11F3N3O4S2-. The van der Waals surface area contributed by atoms with Crippen LogP contribution in [-0.2, 0) is 20.0 Å². The number of terminal acetylenes is 1. The lowest BCUT2D eigenvalue weighted by molar-refractivity contribution is -0.0425. The van der Waals surface area contributed by atoms with E-state index in [2.05, 4.69) is 17.9 Å². The Morgan fingerprint density at radius 1 is 1.23 bits per heavy atom. The van der Waals surface area contributed by atoms with Crippen LogP contribution >= 0.6 is 0 Å². The molecule has 7 nitrogen and oxygen atoms in total. The van der Waals surface area contributed by atoms with Crippen LogP contribution in [0.25, 0.3) is 4.13 Å². The van der Waals surface area contributed by atoms with Crippen molar-refractivity contribution < 1.29 is 30.0 Å². The van der Waals surface area contributed by atoms with Crippen molar-refractivity contribution in [3.8, 4) is 24.3 Å². The summed E-state index contributed by atoms with van der Waals surface area (Å²) in [6, 6.07) is 2.78. The van der Waals surface area contributed by atoms with Gasteiger partial charge in [0.1, 0.15) is 6.67 Å². The van der Waals surface area contributed by atoms with Gasteiger partial charge in [0.2, 0.25) is 0 Å². The molecule has 0 radical (unpaired) electrons. The van der Waals surface area contributed by atoms with Gasteiger partial charge in [0.25, 0.3) is 0 Å². The van der Waals surface area contributed by atoms with Crippen LogP contribution in [0, 0.1) is 24.3 Å². The predicted octanol–water partition coefficient (Wildman–Crippen LogP) is 0.426. The van der Waals surface area contributed by atoms with Gasteiger partial charge in [-0.2, -0.15) is 13.2 Å². The van der Waals surface area contributed by atoms with E-state index < -0.39 is 25.6 Å². The fraction of sp³-hybridized carbons (Fsp3) is 0.400. The van der Waals surface area contributed by atoms with Crippen molar-refractivity contribution in [2.45, 2.75) is 5.51 Å². The Morgan fingerprint density at radius 2 is 1.77 bits per heavy atom. The van der Waals surface area contributed by atoms with Crippen LogP contribution in [0.4, 0.5) is 13.2 Å². The first-order valence-electron chi connectivity index (χ1n) is 5.15. The Balaban J connectivity index is 0.000000406. The van der Waals surface area contributed by atoms with E-state index in [-0.39, 0.29) is 6.26 Å². The molecule has 22 heavy (non-hydrogen) atoms. The predicted molar refractivity (Wildman–Crippen MR) is 73.4 cm³/mol. The van der Waals surface area contributed by atoms with E-state index in [1.165, 1.54) is 0 Å². The van der Waals surface area contributed by atoms with Crippen LogP contribution in [-0.4, -0.2) is 52.1 Å². The largest absolute Gasteiger partial charge is 0.480 e. The molecule has 1 rings (SSSR count). The highest BCUT2D eigenvalue weighted by Crippen LogP contribution is 2.29. The van der Waals surface area contributed by atoms with Crippen molar-refractivity contribution in [3.63, 3.8) is 0 Å². The molecule has 0 aromatic rings. The lowest BCUT2D eigenvalue weighted by Gasteiger charge is -2.19.